The molecule has 7 heteroatoms. The Morgan fingerprint density at radius 1 is 1.12 bits per heavy atom. The van der Waals surface area contributed by atoms with E-state index in [1.807, 2.05) is 18.2 Å². The standard InChI is InChI=1S/C17H18Cl2N4O/c18-13-10-15(19)17(20-11-13)21-16(24)12-22-6-8-23(9-7-22)14-4-2-1-3-5-14/h1-5,10-11H,6-9,12H2,(H,20,21,24). The van der Waals surface area contributed by atoms with Crippen molar-refractivity contribution in [3.05, 3.63) is 52.6 Å². The van der Waals surface area contributed by atoms with E-state index < -0.39 is 0 Å². The fourth-order valence-corrected chi connectivity index (χ4v) is 3.11. The lowest BCUT2D eigenvalue weighted by Gasteiger charge is -2.35. The second-order valence-electron chi connectivity index (χ2n) is 5.63. The number of benzene rings is 1. The molecule has 1 aromatic heterocycles. The van der Waals surface area contributed by atoms with Crippen LogP contribution >= 0.6 is 23.2 Å². The summed E-state index contributed by atoms with van der Waals surface area (Å²) >= 11 is 11.8. The molecular formula is C17H18Cl2N4O. The summed E-state index contributed by atoms with van der Waals surface area (Å²) in [6.45, 7) is 3.80. The van der Waals surface area contributed by atoms with Crippen LogP contribution in [-0.2, 0) is 4.79 Å². The van der Waals surface area contributed by atoms with Crippen molar-refractivity contribution in [2.24, 2.45) is 0 Å². The van der Waals surface area contributed by atoms with Crippen LogP contribution in [0.2, 0.25) is 10.0 Å². The highest BCUT2D eigenvalue weighted by Crippen LogP contribution is 2.22. The predicted molar refractivity (Wildman–Crippen MR) is 98.0 cm³/mol. The Hall–Kier alpha value is -1.82. The summed E-state index contributed by atoms with van der Waals surface area (Å²) in [5, 5.41) is 3.51. The molecule has 0 spiro atoms. The molecule has 3 rings (SSSR count). The number of amides is 1. The van der Waals surface area contributed by atoms with Gasteiger partial charge in [0.1, 0.15) is 0 Å². The van der Waals surface area contributed by atoms with Gasteiger partial charge >= 0.3 is 0 Å². The van der Waals surface area contributed by atoms with Gasteiger partial charge in [0.05, 0.1) is 16.6 Å². The van der Waals surface area contributed by atoms with E-state index in [1.165, 1.54) is 11.9 Å². The first-order valence-corrected chi connectivity index (χ1v) is 8.50. The summed E-state index contributed by atoms with van der Waals surface area (Å²) in [5.41, 5.74) is 1.22. The molecule has 1 aliphatic rings. The largest absolute Gasteiger partial charge is 0.369 e. The topological polar surface area (TPSA) is 48.5 Å². The van der Waals surface area contributed by atoms with Crippen molar-refractivity contribution in [1.82, 2.24) is 9.88 Å². The molecular weight excluding hydrogens is 347 g/mol. The van der Waals surface area contributed by atoms with Crippen LogP contribution in [0, 0.1) is 0 Å². The van der Waals surface area contributed by atoms with Crippen molar-refractivity contribution in [1.29, 1.82) is 0 Å². The van der Waals surface area contributed by atoms with E-state index >= 15 is 0 Å². The van der Waals surface area contributed by atoms with Crippen LogP contribution in [0.3, 0.4) is 0 Å². The molecule has 1 aliphatic heterocycles. The first-order chi connectivity index (χ1) is 11.6. The number of carbonyl (C=O) groups is 1. The Morgan fingerprint density at radius 2 is 1.83 bits per heavy atom. The molecule has 0 aliphatic carbocycles. The van der Waals surface area contributed by atoms with Gasteiger partial charge in [-0.05, 0) is 18.2 Å². The molecule has 1 N–H and O–H groups in total. The number of nitrogens with one attached hydrogen (secondary N) is 1. The van der Waals surface area contributed by atoms with Gasteiger partial charge in [-0.3, -0.25) is 9.69 Å². The maximum absolute atomic E-state index is 12.2. The van der Waals surface area contributed by atoms with Crippen molar-refractivity contribution < 1.29 is 4.79 Å². The molecule has 0 saturated carbocycles. The first kappa shape index (κ1) is 17.0. The normalized spacial score (nSPS) is 15.3. The van der Waals surface area contributed by atoms with E-state index in [1.54, 1.807) is 6.07 Å². The summed E-state index contributed by atoms with van der Waals surface area (Å²) < 4.78 is 0. The zero-order valence-electron chi connectivity index (χ0n) is 13.1. The number of para-hydroxylation sites is 1. The van der Waals surface area contributed by atoms with Gasteiger partial charge in [-0.15, -0.1) is 0 Å². The monoisotopic (exact) mass is 364 g/mol. The second-order valence-corrected chi connectivity index (χ2v) is 6.47. The molecule has 24 heavy (non-hydrogen) atoms. The summed E-state index contributed by atoms with van der Waals surface area (Å²) in [7, 11) is 0. The minimum atomic E-state index is -0.125. The second kappa shape index (κ2) is 7.83. The van der Waals surface area contributed by atoms with Crippen LogP contribution < -0.4 is 10.2 Å². The molecule has 1 fully saturated rings. The van der Waals surface area contributed by atoms with Gasteiger partial charge in [0.15, 0.2) is 5.82 Å². The number of aromatic nitrogens is 1. The van der Waals surface area contributed by atoms with Gasteiger partial charge in [0.2, 0.25) is 5.91 Å². The Morgan fingerprint density at radius 3 is 2.50 bits per heavy atom. The fourth-order valence-electron chi connectivity index (χ4n) is 2.68. The molecule has 5 nitrogen and oxygen atoms in total. The summed E-state index contributed by atoms with van der Waals surface area (Å²) in [4.78, 5) is 20.7. The van der Waals surface area contributed by atoms with Crippen LogP contribution in [0.5, 0.6) is 0 Å². The fraction of sp³-hybridized carbons (Fsp3) is 0.294. The molecule has 1 aromatic carbocycles. The third-order valence-electron chi connectivity index (χ3n) is 3.93. The van der Waals surface area contributed by atoms with E-state index in [0.717, 1.165) is 26.2 Å². The molecule has 0 atom stereocenters. The van der Waals surface area contributed by atoms with Crippen LogP contribution in [0.25, 0.3) is 0 Å². The number of pyridine rings is 1. The lowest BCUT2D eigenvalue weighted by Crippen LogP contribution is -2.48. The van der Waals surface area contributed by atoms with Gasteiger partial charge < -0.3 is 10.2 Å². The number of halogens is 2. The Kier molecular flexibility index (Phi) is 5.56. The third kappa shape index (κ3) is 4.38. The maximum atomic E-state index is 12.2. The van der Waals surface area contributed by atoms with E-state index in [9.17, 15) is 4.79 Å². The number of hydrogen-bond acceptors (Lipinski definition) is 4. The lowest BCUT2D eigenvalue weighted by molar-refractivity contribution is -0.117. The minimum absolute atomic E-state index is 0.125. The summed E-state index contributed by atoms with van der Waals surface area (Å²) in [6, 6.07) is 11.9. The Labute approximate surface area is 151 Å². The lowest BCUT2D eigenvalue weighted by atomic mass is 10.2. The molecule has 1 saturated heterocycles. The Bertz CT molecular complexity index is 703. The molecule has 2 aromatic rings. The van der Waals surface area contributed by atoms with E-state index in [2.05, 4.69) is 32.2 Å². The molecule has 0 bridgehead atoms. The van der Waals surface area contributed by atoms with Gasteiger partial charge in [-0.1, -0.05) is 41.4 Å². The zero-order chi connectivity index (χ0) is 16.9. The quantitative estimate of drug-likeness (QED) is 0.905. The van der Waals surface area contributed by atoms with Crippen LogP contribution in [0.1, 0.15) is 0 Å². The van der Waals surface area contributed by atoms with Crippen molar-refractivity contribution >= 4 is 40.6 Å². The highest BCUT2D eigenvalue weighted by molar-refractivity contribution is 6.36. The van der Waals surface area contributed by atoms with E-state index in [-0.39, 0.29) is 5.91 Å². The van der Waals surface area contributed by atoms with Crippen molar-refractivity contribution in [3.63, 3.8) is 0 Å². The van der Waals surface area contributed by atoms with Gasteiger partial charge in [0, 0.05) is 38.1 Å². The average molecular weight is 365 g/mol. The van der Waals surface area contributed by atoms with Gasteiger partial charge in [-0.2, -0.15) is 0 Å². The Balaban J connectivity index is 1.50. The van der Waals surface area contributed by atoms with Gasteiger partial charge in [0.25, 0.3) is 0 Å². The van der Waals surface area contributed by atoms with E-state index in [4.69, 9.17) is 23.2 Å². The highest BCUT2D eigenvalue weighted by atomic mass is 35.5. The van der Waals surface area contributed by atoms with Crippen LogP contribution in [-0.4, -0.2) is 48.5 Å². The molecule has 0 radical (unpaired) electrons. The molecule has 1 amide bonds. The van der Waals surface area contributed by atoms with Crippen LogP contribution in [0.4, 0.5) is 11.5 Å². The maximum Gasteiger partial charge on any atom is 0.239 e. The summed E-state index contributed by atoms with van der Waals surface area (Å²) in [5.74, 6) is 0.217. The predicted octanol–water partition coefficient (Wildman–Crippen LogP) is 3.15. The van der Waals surface area contributed by atoms with Crippen LogP contribution in [0.15, 0.2) is 42.6 Å². The molecule has 126 valence electrons. The number of carbonyl (C=O) groups excluding carboxylic acids is 1. The minimum Gasteiger partial charge on any atom is -0.369 e. The van der Waals surface area contributed by atoms with Gasteiger partial charge in [-0.25, -0.2) is 4.98 Å². The average Bonchev–Trinajstić information content (AvgIpc) is 2.59. The van der Waals surface area contributed by atoms with E-state index in [0.29, 0.717) is 22.4 Å². The van der Waals surface area contributed by atoms with Crippen molar-refractivity contribution in [2.45, 2.75) is 0 Å². The highest BCUT2D eigenvalue weighted by Gasteiger charge is 2.19. The third-order valence-corrected chi connectivity index (χ3v) is 4.42. The smallest absolute Gasteiger partial charge is 0.239 e. The van der Waals surface area contributed by atoms with Crippen molar-refractivity contribution in [2.75, 3.05) is 42.9 Å². The molecule has 2 heterocycles. The number of piperazine rings is 1. The number of hydrogen-bond donors (Lipinski definition) is 1. The molecule has 0 unspecified atom stereocenters. The number of anilines is 2. The van der Waals surface area contributed by atoms with Crippen molar-refractivity contribution in [3.8, 4) is 0 Å². The number of nitrogens with zero attached hydrogens (tertiary/aromatic N) is 3. The first-order valence-electron chi connectivity index (χ1n) is 7.75. The zero-order valence-corrected chi connectivity index (χ0v) is 14.6. The SMILES string of the molecule is O=C(CN1CCN(c2ccccc2)CC1)Nc1ncc(Cl)cc1Cl. The number of rotatable bonds is 4. The summed E-state index contributed by atoms with van der Waals surface area (Å²) in [6.07, 6.45) is 1.46.